The van der Waals surface area contributed by atoms with Gasteiger partial charge in [0, 0.05) is 35.6 Å². The molecule has 0 fully saturated rings. The predicted molar refractivity (Wildman–Crippen MR) is 126 cm³/mol. The van der Waals surface area contributed by atoms with E-state index in [0.29, 0.717) is 22.2 Å². The number of fused-ring (bicyclic) bond motifs is 1. The Morgan fingerprint density at radius 2 is 1.94 bits per heavy atom. The molecule has 170 valence electrons. The predicted octanol–water partition coefficient (Wildman–Crippen LogP) is 5.36. The number of aryl methyl sites for hydroxylation is 1. The van der Waals surface area contributed by atoms with Crippen molar-refractivity contribution in [2.45, 2.75) is 31.8 Å². The second-order valence-corrected chi connectivity index (χ2v) is 9.30. The number of nitrogens with one attached hydrogen (secondary N) is 2. The zero-order valence-corrected chi connectivity index (χ0v) is 18.9. The van der Waals surface area contributed by atoms with E-state index in [0.717, 1.165) is 17.2 Å². The van der Waals surface area contributed by atoms with E-state index < -0.39 is 11.7 Å². The highest BCUT2D eigenvalue weighted by molar-refractivity contribution is 7.49. The van der Waals surface area contributed by atoms with Crippen LogP contribution in [0.25, 0.3) is 0 Å². The van der Waals surface area contributed by atoms with Gasteiger partial charge in [-0.1, -0.05) is 20.7 Å². The topological polar surface area (TPSA) is 66.4 Å². The van der Waals surface area contributed by atoms with Crippen LogP contribution in [0.2, 0.25) is 0 Å². The molecular weight excluding hydrogens is 448 g/mol. The molecule has 4 rings (SSSR count). The van der Waals surface area contributed by atoms with Gasteiger partial charge >= 0.3 is 6.18 Å². The lowest BCUT2D eigenvalue weighted by Gasteiger charge is -2.25. The summed E-state index contributed by atoms with van der Waals surface area (Å²) >= 11 is 0. The number of benzene rings is 2. The number of anilines is 1. The number of carbonyl (C=O) groups excluding carboxylic acids is 1. The molecule has 1 aromatic heterocycles. The Labute approximate surface area is 191 Å². The van der Waals surface area contributed by atoms with E-state index in [9.17, 15) is 18.0 Å². The zero-order valence-electron chi connectivity index (χ0n) is 17.9. The van der Waals surface area contributed by atoms with Crippen molar-refractivity contribution in [2.75, 3.05) is 5.32 Å². The number of rotatable bonds is 5. The molecule has 5 nitrogen and oxygen atoms in total. The fourth-order valence-corrected chi connectivity index (χ4v) is 4.87. The van der Waals surface area contributed by atoms with Crippen molar-refractivity contribution in [3.05, 3.63) is 83.2 Å². The van der Waals surface area contributed by atoms with Crippen molar-refractivity contribution in [2.24, 2.45) is 4.99 Å². The summed E-state index contributed by atoms with van der Waals surface area (Å²) in [5.74, 6) is -0.436. The number of hydrogen-bond donors (Lipinski definition) is 2. The maximum absolute atomic E-state index is 13.1. The Morgan fingerprint density at radius 1 is 1.12 bits per heavy atom. The second-order valence-electron chi connectivity index (χ2n) is 7.85. The largest absolute Gasteiger partial charge is 0.416 e. The van der Waals surface area contributed by atoms with Crippen molar-refractivity contribution < 1.29 is 18.0 Å². The number of halogens is 3. The molecule has 0 saturated heterocycles. The van der Waals surface area contributed by atoms with Gasteiger partial charge < -0.3 is 5.32 Å². The highest BCUT2D eigenvalue weighted by Gasteiger charge is 2.31. The summed E-state index contributed by atoms with van der Waals surface area (Å²) in [5, 5.41) is 6.88. The van der Waals surface area contributed by atoms with Crippen LogP contribution < -0.4 is 15.9 Å². The summed E-state index contributed by atoms with van der Waals surface area (Å²) < 4.78 is 39.2. The van der Waals surface area contributed by atoms with Gasteiger partial charge in [-0.2, -0.15) is 13.2 Å². The van der Waals surface area contributed by atoms with Gasteiger partial charge in [0.1, 0.15) is 0 Å². The molecular formula is C24H22F3N4OP. The molecule has 1 aliphatic heterocycles. The third-order valence-corrected chi connectivity index (χ3v) is 6.55. The minimum atomic E-state index is -4.38. The third kappa shape index (κ3) is 5.64. The molecule has 2 aromatic carbocycles. The lowest BCUT2D eigenvalue weighted by Crippen LogP contribution is -2.32. The Hall–Kier alpha value is -3.09. The molecule has 2 heterocycles. The second kappa shape index (κ2) is 9.41. The van der Waals surface area contributed by atoms with Crippen molar-refractivity contribution in [3.63, 3.8) is 0 Å². The summed E-state index contributed by atoms with van der Waals surface area (Å²) in [6.07, 6.45) is 0.557. The van der Waals surface area contributed by atoms with E-state index in [1.54, 1.807) is 24.5 Å². The van der Waals surface area contributed by atoms with Crippen LogP contribution in [0.5, 0.6) is 0 Å². The molecule has 2 N–H and O–H groups in total. The summed E-state index contributed by atoms with van der Waals surface area (Å²) in [7, 11) is 0.113. The molecule has 0 radical (unpaired) electrons. The van der Waals surface area contributed by atoms with E-state index in [1.165, 1.54) is 18.3 Å². The minimum Gasteiger partial charge on any atom is -0.322 e. The molecule has 0 bridgehead atoms. The maximum Gasteiger partial charge on any atom is 0.416 e. The quantitative estimate of drug-likeness (QED) is 0.494. The molecule has 0 aliphatic carbocycles. The highest BCUT2D eigenvalue weighted by atomic mass is 31.1. The molecule has 3 atom stereocenters. The average molecular weight is 470 g/mol. The van der Waals surface area contributed by atoms with Crippen LogP contribution in [0.1, 0.15) is 40.0 Å². The lowest BCUT2D eigenvalue weighted by molar-refractivity contribution is -0.137. The first-order valence-electron chi connectivity index (χ1n) is 10.3. The number of pyridine rings is 1. The average Bonchev–Trinajstić information content (AvgIpc) is 2.78. The first-order chi connectivity index (χ1) is 15.7. The number of aromatic nitrogens is 1. The fourth-order valence-electron chi connectivity index (χ4n) is 3.52. The number of carbonyl (C=O) groups is 1. The monoisotopic (exact) mass is 470 g/mol. The van der Waals surface area contributed by atoms with Crippen LogP contribution in [0.15, 0.2) is 65.9 Å². The van der Waals surface area contributed by atoms with Gasteiger partial charge in [-0.25, -0.2) is 0 Å². The highest BCUT2D eigenvalue weighted by Crippen LogP contribution is 2.35. The van der Waals surface area contributed by atoms with Gasteiger partial charge in [-0.15, -0.1) is 0 Å². The molecule has 1 amide bonds. The normalized spacial score (nSPS) is 16.9. The minimum absolute atomic E-state index is 0.112. The van der Waals surface area contributed by atoms with Crippen molar-refractivity contribution in [1.82, 2.24) is 10.3 Å². The van der Waals surface area contributed by atoms with Crippen LogP contribution in [0.4, 0.5) is 24.5 Å². The summed E-state index contributed by atoms with van der Waals surface area (Å²) in [5.41, 5.74) is 2.86. The summed E-state index contributed by atoms with van der Waals surface area (Å²) in [6.45, 7) is 3.83. The Balaban J connectivity index is 1.43. The fraction of sp³-hybridized carbons (Fsp3) is 0.208. The smallest absolute Gasteiger partial charge is 0.322 e. The standard InChI is InChI=1S/C24H22F3N4OP/c1-14-8-17(12-28-11-14)23(32)31-19-5-3-4-16(9-19)15(2)30-22-13-29-20-7-6-18(24(25,26)27)10-21(20)33-22/h3-13,15,22,30,33H,1-2H3,(H,31,32). The Kier molecular flexibility index (Phi) is 6.58. The van der Waals surface area contributed by atoms with E-state index in [2.05, 4.69) is 20.6 Å². The molecule has 0 saturated carbocycles. The SMILES string of the molecule is Cc1cncc(C(=O)Nc2cccc(C(C)NC3C=Nc4ccc(C(F)(F)F)cc4P3)c2)c1. The lowest BCUT2D eigenvalue weighted by atomic mass is 10.1. The van der Waals surface area contributed by atoms with Gasteiger partial charge in [-0.3, -0.25) is 20.1 Å². The van der Waals surface area contributed by atoms with Crippen molar-refractivity contribution >= 4 is 37.4 Å². The molecule has 33 heavy (non-hydrogen) atoms. The first-order valence-corrected chi connectivity index (χ1v) is 11.4. The van der Waals surface area contributed by atoms with E-state index in [-0.39, 0.29) is 26.3 Å². The first kappa shape index (κ1) is 23.1. The van der Waals surface area contributed by atoms with Gasteiger partial charge in [0.05, 0.1) is 22.6 Å². The molecule has 1 aliphatic rings. The van der Waals surface area contributed by atoms with Crippen molar-refractivity contribution in [3.8, 4) is 0 Å². The maximum atomic E-state index is 13.1. The Bertz CT molecular complexity index is 1210. The molecule has 0 spiro atoms. The van der Waals surface area contributed by atoms with E-state index in [4.69, 9.17) is 0 Å². The molecule has 3 aromatic rings. The zero-order chi connectivity index (χ0) is 23.6. The van der Waals surface area contributed by atoms with Gasteiger partial charge in [0.25, 0.3) is 5.91 Å². The number of nitrogens with zero attached hydrogens (tertiary/aromatic N) is 2. The van der Waals surface area contributed by atoms with Crippen LogP contribution in [0, 0.1) is 6.92 Å². The number of aliphatic imine (C=N–C) groups is 1. The third-order valence-electron chi connectivity index (χ3n) is 5.21. The van der Waals surface area contributed by atoms with E-state index >= 15 is 0 Å². The van der Waals surface area contributed by atoms with Crippen LogP contribution in [-0.2, 0) is 6.18 Å². The van der Waals surface area contributed by atoms with Crippen LogP contribution >= 0.6 is 8.58 Å². The van der Waals surface area contributed by atoms with Crippen molar-refractivity contribution in [1.29, 1.82) is 0 Å². The van der Waals surface area contributed by atoms with E-state index in [1.807, 2.05) is 32.0 Å². The summed E-state index contributed by atoms with van der Waals surface area (Å²) in [6, 6.07) is 12.8. The van der Waals surface area contributed by atoms with Gasteiger partial charge in [0.2, 0.25) is 0 Å². The number of alkyl halides is 3. The summed E-state index contributed by atoms with van der Waals surface area (Å²) in [4.78, 5) is 20.9. The van der Waals surface area contributed by atoms with Gasteiger partial charge in [0.15, 0.2) is 0 Å². The van der Waals surface area contributed by atoms with Crippen LogP contribution in [-0.4, -0.2) is 22.9 Å². The molecule has 3 unspecified atom stereocenters. The molecule has 9 heteroatoms. The van der Waals surface area contributed by atoms with Gasteiger partial charge in [-0.05, 0) is 61.4 Å². The Morgan fingerprint density at radius 3 is 2.70 bits per heavy atom. The number of amides is 1. The van der Waals surface area contributed by atoms with Crippen LogP contribution in [0.3, 0.4) is 0 Å². The number of hydrogen-bond acceptors (Lipinski definition) is 4.